The third kappa shape index (κ3) is 5.47. The normalized spacial score (nSPS) is 13.0. The van der Waals surface area contributed by atoms with Gasteiger partial charge in [-0.15, -0.1) is 0 Å². The molecule has 3 heteroatoms. The third-order valence-corrected chi connectivity index (χ3v) is 13.8. The minimum atomic E-state index is -0.137. The van der Waals surface area contributed by atoms with Crippen molar-refractivity contribution in [2.75, 3.05) is 4.90 Å². The first-order chi connectivity index (χ1) is 31.5. The van der Waals surface area contributed by atoms with E-state index in [9.17, 15) is 0 Å². The van der Waals surface area contributed by atoms with Gasteiger partial charge in [-0.05, 0) is 129 Å². The van der Waals surface area contributed by atoms with Crippen molar-refractivity contribution in [3.63, 3.8) is 0 Å². The van der Waals surface area contributed by atoms with Crippen LogP contribution < -0.4 is 4.90 Å². The van der Waals surface area contributed by atoms with Crippen molar-refractivity contribution in [1.29, 1.82) is 0 Å². The lowest BCUT2D eigenvalue weighted by atomic mass is 9.82. The molecule has 0 unspecified atom stereocenters. The number of benzene rings is 10. The van der Waals surface area contributed by atoms with Crippen molar-refractivity contribution in [2.24, 2.45) is 0 Å². The van der Waals surface area contributed by atoms with Crippen LogP contribution in [0.1, 0.15) is 25.0 Å². The summed E-state index contributed by atoms with van der Waals surface area (Å²) in [6.45, 7) is 4.72. The first-order valence-electron chi connectivity index (χ1n) is 22.2. The van der Waals surface area contributed by atoms with Crippen LogP contribution in [0, 0.1) is 0 Å². The molecule has 0 saturated heterocycles. The monoisotopic (exact) mass is 818 g/mol. The second kappa shape index (κ2) is 13.9. The van der Waals surface area contributed by atoms with Gasteiger partial charge in [-0.1, -0.05) is 153 Å². The SMILES string of the molecule is CC1(C)c2ccccc2-c2ccc(N(c3ccc(-c4ccc5oc6ccccc6c5c4)cc3)c3ccc(-c4ccc5c(c4)c4ccccc4n5-c4ccccc4)c4ccccc34)cc21. The highest BCUT2D eigenvalue weighted by atomic mass is 16.3. The zero-order valence-electron chi connectivity index (χ0n) is 35.6. The second-order valence-electron chi connectivity index (χ2n) is 17.7. The summed E-state index contributed by atoms with van der Waals surface area (Å²) in [6, 6.07) is 79.8. The fourth-order valence-corrected chi connectivity index (χ4v) is 10.7. The molecule has 0 saturated carbocycles. The van der Waals surface area contributed by atoms with Crippen LogP contribution in [-0.2, 0) is 5.41 Å². The number of rotatable bonds is 6. The zero-order valence-corrected chi connectivity index (χ0v) is 35.6. The molecular formula is C61H42N2O. The Kier molecular flexibility index (Phi) is 7.95. The maximum absolute atomic E-state index is 6.18. The molecule has 10 aromatic carbocycles. The summed E-state index contributed by atoms with van der Waals surface area (Å²) < 4.78 is 8.56. The molecule has 0 spiro atoms. The lowest BCUT2D eigenvalue weighted by molar-refractivity contribution is 0.660. The van der Waals surface area contributed by atoms with Crippen molar-refractivity contribution in [3.8, 4) is 39.1 Å². The highest BCUT2D eigenvalue weighted by Gasteiger charge is 2.36. The van der Waals surface area contributed by atoms with E-state index in [2.05, 4.69) is 230 Å². The van der Waals surface area contributed by atoms with Crippen LogP contribution in [0.3, 0.4) is 0 Å². The predicted molar refractivity (Wildman–Crippen MR) is 269 cm³/mol. The molecule has 64 heavy (non-hydrogen) atoms. The number of hydrogen-bond donors (Lipinski definition) is 0. The van der Waals surface area contributed by atoms with Crippen molar-refractivity contribution in [2.45, 2.75) is 19.3 Å². The molecule has 0 bridgehead atoms. The fourth-order valence-electron chi connectivity index (χ4n) is 10.7. The summed E-state index contributed by atoms with van der Waals surface area (Å²) in [4.78, 5) is 2.46. The Labute approximate surface area is 371 Å². The molecule has 13 rings (SSSR count). The molecule has 0 aliphatic heterocycles. The van der Waals surface area contributed by atoms with E-state index in [1.54, 1.807) is 0 Å². The van der Waals surface area contributed by atoms with Gasteiger partial charge in [0, 0.05) is 49.4 Å². The molecule has 0 N–H and O–H groups in total. The van der Waals surface area contributed by atoms with E-state index in [4.69, 9.17) is 4.42 Å². The van der Waals surface area contributed by atoms with Crippen molar-refractivity contribution in [1.82, 2.24) is 4.57 Å². The molecule has 2 heterocycles. The van der Waals surface area contributed by atoms with Crippen LogP contribution in [0.25, 0.3) is 93.6 Å². The summed E-state index contributed by atoms with van der Waals surface area (Å²) >= 11 is 0. The molecule has 1 aliphatic rings. The highest BCUT2D eigenvalue weighted by molar-refractivity contribution is 6.13. The van der Waals surface area contributed by atoms with Gasteiger partial charge in [-0.3, -0.25) is 0 Å². The van der Waals surface area contributed by atoms with E-state index in [0.717, 1.165) is 55.8 Å². The summed E-state index contributed by atoms with van der Waals surface area (Å²) in [6.07, 6.45) is 0. The number of furan rings is 1. The van der Waals surface area contributed by atoms with E-state index < -0.39 is 0 Å². The number of aromatic nitrogens is 1. The predicted octanol–water partition coefficient (Wildman–Crippen LogP) is 16.9. The molecule has 1 aliphatic carbocycles. The Morgan fingerprint density at radius 1 is 0.375 bits per heavy atom. The van der Waals surface area contributed by atoms with Gasteiger partial charge < -0.3 is 13.9 Å². The van der Waals surface area contributed by atoms with Crippen molar-refractivity contribution in [3.05, 3.63) is 230 Å². The van der Waals surface area contributed by atoms with Gasteiger partial charge in [0.05, 0.1) is 16.7 Å². The second-order valence-corrected chi connectivity index (χ2v) is 17.7. The Hall–Kier alpha value is -8.14. The highest BCUT2D eigenvalue weighted by Crippen LogP contribution is 2.51. The molecule has 2 aromatic heterocycles. The average molecular weight is 819 g/mol. The summed E-state index contributed by atoms with van der Waals surface area (Å²) in [5, 5.41) is 7.16. The Balaban J connectivity index is 0.973. The molecule has 3 nitrogen and oxygen atoms in total. The summed E-state index contributed by atoms with van der Waals surface area (Å²) in [5.74, 6) is 0. The topological polar surface area (TPSA) is 21.3 Å². The van der Waals surface area contributed by atoms with Crippen molar-refractivity contribution < 1.29 is 4.42 Å². The first-order valence-corrected chi connectivity index (χ1v) is 22.2. The zero-order chi connectivity index (χ0) is 42.5. The quantitative estimate of drug-likeness (QED) is 0.167. The average Bonchev–Trinajstić information content (AvgIpc) is 3.97. The Morgan fingerprint density at radius 3 is 1.84 bits per heavy atom. The molecule has 0 amide bonds. The standard InChI is InChI=1S/C61H42N2O/c1-61(2)54-21-11-8-17-47(54)48-31-30-44(38-55(48)61)62(43-28-24-39(25-29-43)40-27-35-60-53(36-40)51-20-10-13-23-59(51)64-60)57-34-32-45(46-16-6-7-18-49(46)57)41-26-33-58-52(37-41)50-19-9-12-22-56(50)63(58)42-14-4-3-5-15-42/h3-38H,1-2H3. The number of hydrogen-bond acceptors (Lipinski definition) is 2. The minimum Gasteiger partial charge on any atom is -0.456 e. The summed E-state index contributed by atoms with van der Waals surface area (Å²) in [5.41, 5.74) is 18.7. The molecule has 0 radical (unpaired) electrons. The van der Waals surface area contributed by atoms with Gasteiger partial charge in [0.15, 0.2) is 0 Å². The van der Waals surface area contributed by atoms with E-state index in [0.29, 0.717) is 0 Å². The maximum Gasteiger partial charge on any atom is 0.135 e. The molecule has 0 atom stereocenters. The first kappa shape index (κ1) is 36.5. The van der Waals surface area contributed by atoms with Gasteiger partial charge in [-0.2, -0.15) is 0 Å². The summed E-state index contributed by atoms with van der Waals surface area (Å²) in [7, 11) is 0. The lowest BCUT2D eigenvalue weighted by Crippen LogP contribution is -2.16. The van der Waals surface area contributed by atoms with E-state index >= 15 is 0 Å². The fraction of sp³-hybridized carbons (Fsp3) is 0.0492. The maximum atomic E-state index is 6.18. The van der Waals surface area contributed by atoms with Gasteiger partial charge >= 0.3 is 0 Å². The molecule has 12 aromatic rings. The molecular weight excluding hydrogens is 777 g/mol. The minimum absolute atomic E-state index is 0.137. The Bertz CT molecular complexity index is 3810. The van der Waals surface area contributed by atoms with Gasteiger partial charge in [0.1, 0.15) is 11.2 Å². The number of nitrogens with zero attached hydrogens (tertiary/aromatic N) is 2. The van der Waals surface area contributed by atoms with Crippen LogP contribution in [0.5, 0.6) is 0 Å². The van der Waals surface area contributed by atoms with Crippen molar-refractivity contribution >= 4 is 71.6 Å². The largest absolute Gasteiger partial charge is 0.456 e. The van der Waals surface area contributed by atoms with Gasteiger partial charge in [-0.25, -0.2) is 0 Å². The van der Waals surface area contributed by atoms with Gasteiger partial charge in [0.2, 0.25) is 0 Å². The lowest BCUT2D eigenvalue weighted by Gasteiger charge is -2.29. The molecule has 0 fully saturated rings. The van der Waals surface area contributed by atoms with E-state index in [1.807, 2.05) is 12.1 Å². The van der Waals surface area contributed by atoms with Crippen LogP contribution in [-0.4, -0.2) is 4.57 Å². The van der Waals surface area contributed by atoms with Crippen LogP contribution >= 0.6 is 0 Å². The van der Waals surface area contributed by atoms with Crippen LogP contribution in [0.15, 0.2) is 223 Å². The van der Waals surface area contributed by atoms with Crippen LogP contribution in [0.4, 0.5) is 17.1 Å². The number of fused-ring (bicyclic) bond motifs is 10. The van der Waals surface area contributed by atoms with E-state index in [1.165, 1.54) is 66.0 Å². The van der Waals surface area contributed by atoms with Crippen LogP contribution in [0.2, 0.25) is 0 Å². The number of anilines is 3. The third-order valence-electron chi connectivity index (χ3n) is 13.8. The number of para-hydroxylation sites is 3. The van der Waals surface area contributed by atoms with Gasteiger partial charge in [0.25, 0.3) is 0 Å². The Morgan fingerprint density at radius 2 is 0.984 bits per heavy atom. The van der Waals surface area contributed by atoms with E-state index in [-0.39, 0.29) is 5.41 Å². The smallest absolute Gasteiger partial charge is 0.135 e. The molecule has 302 valence electrons.